The molecule has 1 saturated heterocycles. The van der Waals surface area contributed by atoms with Crippen molar-refractivity contribution in [1.29, 1.82) is 0 Å². The monoisotopic (exact) mass is 232 g/mol. The van der Waals surface area contributed by atoms with Crippen LogP contribution in [0.3, 0.4) is 0 Å². The molecule has 0 aromatic heterocycles. The predicted molar refractivity (Wildman–Crippen MR) is 70.0 cm³/mol. The Morgan fingerprint density at radius 2 is 2.12 bits per heavy atom. The van der Waals surface area contributed by atoms with Crippen LogP contribution in [0.1, 0.15) is 25.8 Å². The highest BCUT2D eigenvalue weighted by atomic mass is 16.2. The lowest BCUT2D eigenvalue weighted by Gasteiger charge is -2.21. The van der Waals surface area contributed by atoms with Gasteiger partial charge in [0.1, 0.15) is 0 Å². The van der Waals surface area contributed by atoms with E-state index in [-0.39, 0.29) is 11.3 Å². The van der Waals surface area contributed by atoms with E-state index < -0.39 is 0 Å². The number of benzene rings is 1. The highest BCUT2D eigenvalue weighted by Crippen LogP contribution is 2.26. The maximum Gasteiger partial charge on any atom is 0.231 e. The van der Waals surface area contributed by atoms with Crippen LogP contribution in [0.2, 0.25) is 0 Å². The number of amides is 1. The zero-order valence-corrected chi connectivity index (χ0v) is 10.5. The first-order chi connectivity index (χ1) is 8.14. The molecule has 0 aliphatic carbocycles. The molecule has 1 amide bonds. The summed E-state index contributed by atoms with van der Waals surface area (Å²) in [5.41, 5.74) is 1.92. The number of nitrogens with one attached hydrogen (secondary N) is 2. The summed E-state index contributed by atoms with van der Waals surface area (Å²) in [5.74, 6) is 0.117. The smallest absolute Gasteiger partial charge is 0.231 e. The summed E-state index contributed by atoms with van der Waals surface area (Å²) in [7, 11) is 0. The van der Waals surface area contributed by atoms with Gasteiger partial charge in [-0.3, -0.25) is 4.79 Å². The van der Waals surface area contributed by atoms with Crippen molar-refractivity contribution < 1.29 is 4.79 Å². The predicted octanol–water partition coefficient (Wildman–Crippen LogP) is 2.19. The number of carbonyl (C=O) groups excluding carboxylic acids is 1. The fourth-order valence-electron chi connectivity index (χ4n) is 2.12. The van der Waals surface area contributed by atoms with Crippen LogP contribution in [0.15, 0.2) is 24.3 Å². The van der Waals surface area contributed by atoms with E-state index in [0.29, 0.717) is 0 Å². The third-order valence-electron chi connectivity index (χ3n) is 3.54. The molecule has 0 radical (unpaired) electrons. The van der Waals surface area contributed by atoms with Gasteiger partial charge >= 0.3 is 0 Å². The molecule has 0 bridgehead atoms. The van der Waals surface area contributed by atoms with Crippen molar-refractivity contribution in [3.05, 3.63) is 29.8 Å². The lowest BCUT2D eigenvalue weighted by atomic mass is 9.89. The molecule has 1 aromatic carbocycles. The van der Waals surface area contributed by atoms with Crippen molar-refractivity contribution in [2.24, 2.45) is 5.41 Å². The molecule has 1 heterocycles. The summed E-state index contributed by atoms with van der Waals surface area (Å²) in [6.45, 7) is 5.84. The van der Waals surface area contributed by atoms with Gasteiger partial charge < -0.3 is 10.6 Å². The van der Waals surface area contributed by atoms with Gasteiger partial charge in [0.15, 0.2) is 0 Å². The van der Waals surface area contributed by atoms with Gasteiger partial charge in [0.2, 0.25) is 5.91 Å². The van der Waals surface area contributed by atoms with Crippen molar-refractivity contribution in [2.75, 3.05) is 18.4 Å². The SMILES string of the molecule is CCc1ccc(NC(=O)C2(C)CCNC2)cc1. The molecule has 17 heavy (non-hydrogen) atoms. The van der Waals surface area contributed by atoms with Gasteiger partial charge in [-0.15, -0.1) is 0 Å². The highest BCUT2D eigenvalue weighted by Gasteiger charge is 2.36. The summed E-state index contributed by atoms with van der Waals surface area (Å²) < 4.78 is 0. The average Bonchev–Trinajstić information content (AvgIpc) is 2.78. The molecule has 1 aliphatic heterocycles. The average molecular weight is 232 g/mol. The number of hydrogen-bond donors (Lipinski definition) is 2. The molecule has 1 unspecified atom stereocenters. The molecule has 0 spiro atoms. The largest absolute Gasteiger partial charge is 0.326 e. The first kappa shape index (κ1) is 12.1. The molecule has 1 fully saturated rings. The summed E-state index contributed by atoms with van der Waals surface area (Å²) in [6.07, 6.45) is 1.93. The van der Waals surface area contributed by atoms with Gasteiger partial charge in [0.05, 0.1) is 5.41 Å². The second-order valence-electron chi connectivity index (χ2n) is 4.99. The normalized spacial score (nSPS) is 23.6. The topological polar surface area (TPSA) is 41.1 Å². The highest BCUT2D eigenvalue weighted by molar-refractivity contribution is 5.95. The zero-order valence-electron chi connectivity index (χ0n) is 10.5. The molecular weight excluding hydrogens is 212 g/mol. The lowest BCUT2D eigenvalue weighted by Crippen LogP contribution is -2.35. The maximum absolute atomic E-state index is 12.1. The van der Waals surface area contributed by atoms with E-state index in [0.717, 1.165) is 31.6 Å². The molecule has 3 nitrogen and oxygen atoms in total. The third kappa shape index (κ3) is 2.67. The molecule has 3 heteroatoms. The number of carbonyl (C=O) groups is 1. The first-order valence-corrected chi connectivity index (χ1v) is 6.25. The molecule has 1 aliphatic rings. The first-order valence-electron chi connectivity index (χ1n) is 6.25. The van der Waals surface area contributed by atoms with Gasteiger partial charge in [-0.1, -0.05) is 19.1 Å². The number of hydrogen-bond acceptors (Lipinski definition) is 2. The molecule has 0 saturated carbocycles. The Balaban J connectivity index is 2.02. The van der Waals surface area contributed by atoms with Crippen molar-refractivity contribution in [2.45, 2.75) is 26.7 Å². The van der Waals surface area contributed by atoms with E-state index in [1.165, 1.54) is 5.56 Å². The van der Waals surface area contributed by atoms with Crippen molar-refractivity contribution in [3.63, 3.8) is 0 Å². The Morgan fingerprint density at radius 1 is 1.41 bits per heavy atom. The van der Waals surface area contributed by atoms with Gasteiger partial charge in [0.25, 0.3) is 0 Å². The van der Waals surface area contributed by atoms with Crippen molar-refractivity contribution in [3.8, 4) is 0 Å². The van der Waals surface area contributed by atoms with E-state index in [1.807, 2.05) is 19.1 Å². The van der Waals surface area contributed by atoms with E-state index in [4.69, 9.17) is 0 Å². The number of anilines is 1. The van der Waals surface area contributed by atoms with Crippen molar-refractivity contribution in [1.82, 2.24) is 5.32 Å². The fourth-order valence-corrected chi connectivity index (χ4v) is 2.12. The second-order valence-corrected chi connectivity index (χ2v) is 4.99. The van der Waals surface area contributed by atoms with Gasteiger partial charge in [-0.05, 0) is 44.0 Å². The molecule has 2 N–H and O–H groups in total. The van der Waals surface area contributed by atoms with Crippen LogP contribution < -0.4 is 10.6 Å². The van der Waals surface area contributed by atoms with E-state index >= 15 is 0 Å². The molecule has 1 aromatic rings. The summed E-state index contributed by atoms with van der Waals surface area (Å²) in [5, 5.41) is 6.23. The maximum atomic E-state index is 12.1. The Morgan fingerprint density at radius 3 is 2.65 bits per heavy atom. The Hall–Kier alpha value is -1.35. The standard InChI is InChI=1S/C14H20N2O/c1-3-11-4-6-12(7-5-11)16-13(17)14(2)8-9-15-10-14/h4-7,15H,3,8-10H2,1-2H3,(H,16,17). The summed E-state index contributed by atoms with van der Waals surface area (Å²) in [6, 6.07) is 8.07. The van der Waals surface area contributed by atoms with Crippen LogP contribution in [0.5, 0.6) is 0 Å². The fraction of sp³-hybridized carbons (Fsp3) is 0.500. The Kier molecular flexibility index (Phi) is 3.48. The number of rotatable bonds is 3. The van der Waals surface area contributed by atoms with E-state index in [1.54, 1.807) is 0 Å². The Bertz CT molecular complexity index is 391. The van der Waals surface area contributed by atoms with Crippen LogP contribution in [0, 0.1) is 5.41 Å². The number of aryl methyl sites for hydroxylation is 1. The minimum atomic E-state index is -0.260. The van der Waals surface area contributed by atoms with Crippen LogP contribution in [0.25, 0.3) is 0 Å². The van der Waals surface area contributed by atoms with Gasteiger partial charge in [-0.2, -0.15) is 0 Å². The van der Waals surface area contributed by atoms with E-state index in [2.05, 4.69) is 29.7 Å². The minimum absolute atomic E-state index is 0.117. The molecule has 2 rings (SSSR count). The third-order valence-corrected chi connectivity index (χ3v) is 3.54. The zero-order chi connectivity index (χ0) is 12.3. The van der Waals surface area contributed by atoms with Gasteiger partial charge in [0, 0.05) is 12.2 Å². The Labute approximate surface area is 103 Å². The second kappa shape index (κ2) is 4.88. The summed E-state index contributed by atoms with van der Waals surface area (Å²) >= 11 is 0. The van der Waals surface area contributed by atoms with E-state index in [9.17, 15) is 4.79 Å². The van der Waals surface area contributed by atoms with Crippen LogP contribution >= 0.6 is 0 Å². The lowest BCUT2D eigenvalue weighted by molar-refractivity contribution is -0.123. The van der Waals surface area contributed by atoms with Crippen LogP contribution in [-0.4, -0.2) is 19.0 Å². The molecule has 92 valence electrons. The van der Waals surface area contributed by atoms with Crippen LogP contribution in [-0.2, 0) is 11.2 Å². The molecular formula is C14H20N2O. The van der Waals surface area contributed by atoms with Crippen molar-refractivity contribution >= 4 is 11.6 Å². The molecule has 1 atom stereocenters. The van der Waals surface area contributed by atoms with Gasteiger partial charge in [-0.25, -0.2) is 0 Å². The summed E-state index contributed by atoms with van der Waals surface area (Å²) in [4.78, 5) is 12.1. The minimum Gasteiger partial charge on any atom is -0.326 e. The quantitative estimate of drug-likeness (QED) is 0.838. The van der Waals surface area contributed by atoms with Crippen LogP contribution in [0.4, 0.5) is 5.69 Å².